The maximum Gasteiger partial charge on any atom is 0.407 e. The SMILES string of the molecule is CC1CCC(C(=O)O)CN1C(=O)[C@H]1CCC[C@H]1NC(=O)OCC1c2ccccc2-c2ccccc21. The van der Waals surface area contributed by atoms with Crippen LogP contribution < -0.4 is 5.32 Å². The summed E-state index contributed by atoms with van der Waals surface area (Å²) in [7, 11) is 0. The van der Waals surface area contributed by atoms with Gasteiger partial charge in [0, 0.05) is 24.5 Å². The minimum Gasteiger partial charge on any atom is -0.481 e. The highest BCUT2D eigenvalue weighted by atomic mass is 16.5. The first-order chi connectivity index (χ1) is 16.9. The van der Waals surface area contributed by atoms with Gasteiger partial charge in [0.1, 0.15) is 6.61 Å². The topological polar surface area (TPSA) is 95.9 Å². The van der Waals surface area contributed by atoms with E-state index in [0.29, 0.717) is 25.7 Å². The molecule has 3 aliphatic rings. The Morgan fingerprint density at radius 1 is 0.971 bits per heavy atom. The van der Waals surface area contributed by atoms with Gasteiger partial charge in [0.2, 0.25) is 5.91 Å². The summed E-state index contributed by atoms with van der Waals surface area (Å²) in [5.74, 6) is -1.79. The molecular weight excluding hydrogens is 444 g/mol. The molecule has 1 heterocycles. The summed E-state index contributed by atoms with van der Waals surface area (Å²) >= 11 is 0. The fourth-order valence-electron chi connectivity index (χ4n) is 6.05. The number of piperidine rings is 1. The Morgan fingerprint density at radius 3 is 2.29 bits per heavy atom. The summed E-state index contributed by atoms with van der Waals surface area (Å²) in [4.78, 5) is 39.3. The van der Waals surface area contributed by atoms with Gasteiger partial charge < -0.3 is 20.1 Å². The van der Waals surface area contributed by atoms with Crippen LogP contribution in [0.15, 0.2) is 48.5 Å². The summed E-state index contributed by atoms with van der Waals surface area (Å²) in [6.45, 7) is 2.44. The smallest absolute Gasteiger partial charge is 0.407 e. The molecule has 4 atom stereocenters. The highest BCUT2D eigenvalue weighted by Crippen LogP contribution is 2.44. The average molecular weight is 477 g/mol. The Bertz CT molecular complexity index is 1090. The van der Waals surface area contributed by atoms with E-state index < -0.39 is 18.0 Å². The number of hydrogen-bond donors (Lipinski definition) is 2. The van der Waals surface area contributed by atoms with Crippen molar-refractivity contribution >= 4 is 18.0 Å². The van der Waals surface area contributed by atoms with Crippen molar-refractivity contribution in [2.24, 2.45) is 11.8 Å². The van der Waals surface area contributed by atoms with E-state index in [2.05, 4.69) is 29.6 Å². The molecule has 0 bridgehead atoms. The fourth-order valence-corrected chi connectivity index (χ4v) is 6.05. The molecule has 184 valence electrons. The zero-order valence-corrected chi connectivity index (χ0v) is 20.0. The molecule has 0 aromatic heterocycles. The third kappa shape index (κ3) is 4.51. The summed E-state index contributed by atoms with van der Waals surface area (Å²) in [6.07, 6.45) is 3.01. The largest absolute Gasteiger partial charge is 0.481 e. The molecule has 35 heavy (non-hydrogen) atoms. The van der Waals surface area contributed by atoms with Crippen LogP contribution in [0, 0.1) is 11.8 Å². The predicted octanol–water partition coefficient (Wildman–Crippen LogP) is 4.41. The van der Waals surface area contributed by atoms with Crippen LogP contribution in [0.25, 0.3) is 11.1 Å². The normalized spacial score (nSPS) is 25.6. The monoisotopic (exact) mass is 476 g/mol. The van der Waals surface area contributed by atoms with Gasteiger partial charge in [0.05, 0.1) is 11.8 Å². The Morgan fingerprint density at radius 2 is 1.63 bits per heavy atom. The molecule has 2 aromatic rings. The van der Waals surface area contributed by atoms with Crippen molar-refractivity contribution in [1.29, 1.82) is 0 Å². The number of carboxylic acids is 1. The third-order valence-electron chi connectivity index (χ3n) is 7.99. The fraction of sp³-hybridized carbons (Fsp3) is 0.464. The van der Waals surface area contributed by atoms with Gasteiger partial charge >= 0.3 is 12.1 Å². The molecule has 7 nitrogen and oxygen atoms in total. The Labute approximate surface area is 205 Å². The summed E-state index contributed by atoms with van der Waals surface area (Å²) in [6, 6.07) is 16.1. The summed E-state index contributed by atoms with van der Waals surface area (Å²) in [5.41, 5.74) is 4.66. The first-order valence-corrected chi connectivity index (χ1v) is 12.6. The van der Waals surface area contributed by atoms with Crippen LogP contribution in [0.2, 0.25) is 0 Å². The second-order valence-corrected chi connectivity index (χ2v) is 10.1. The molecule has 2 N–H and O–H groups in total. The first-order valence-electron chi connectivity index (χ1n) is 12.6. The van der Waals surface area contributed by atoms with Gasteiger partial charge in [-0.3, -0.25) is 9.59 Å². The Kier molecular flexibility index (Phi) is 6.50. The number of benzene rings is 2. The van der Waals surface area contributed by atoms with Gasteiger partial charge in [0.25, 0.3) is 0 Å². The maximum absolute atomic E-state index is 13.4. The zero-order valence-electron chi connectivity index (χ0n) is 20.0. The molecule has 0 radical (unpaired) electrons. The summed E-state index contributed by atoms with van der Waals surface area (Å²) in [5, 5.41) is 12.4. The zero-order chi connectivity index (χ0) is 24.5. The molecule has 1 saturated carbocycles. The van der Waals surface area contributed by atoms with Crippen molar-refractivity contribution in [2.75, 3.05) is 13.2 Å². The molecular formula is C28H32N2O5. The van der Waals surface area contributed by atoms with Crippen LogP contribution in [0.5, 0.6) is 0 Å². The van der Waals surface area contributed by atoms with Crippen LogP contribution >= 0.6 is 0 Å². The van der Waals surface area contributed by atoms with Crippen LogP contribution in [0.4, 0.5) is 4.79 Å². The third-order valence-corrected chi connectivity index (χ3v) is 7.99. The Hall–Kier alpha value is -3.35. The Balaban J connectivity index is 1.22. The molecule has 2 aromatic carbocycles. The van der Waals surface area contributed by atoms with Gasteiger partial charge in [-0.05, 0) is 54.9 Å². The minimum absolute atomic E-state index is 0.00815. The van der Waals surface area contributed by atoms with Gasteiger partial charge in [0.15, 0.2) is 0 Å². The van der Waals surface area contributed by atoms with Gasteiger partial charge in [-0.15, -0.1) is 0 Å². The van der Waals surface area contributed by atoms with Crippen molar-refractivity contribution < 1.29 is 24.2 Å². The number of ether oxygens (including phenoxy) is 1. The molecule has 2 aliphatic carbocycles. The second-order valence-electron chi connectivity index (χ2n) is 10.1. The van der Waals surface area contributed by atoms with Crippen molar-refractivity contribution in [1.82, 2.24) is 10.2 Å². The lowest BCUT2D eigenvalue weighted by Gasteiger charge is -2.38. The number of carboxylic acid groups (broad SMARTS) is 1. The maximum atomic E-state index is 13.4. The number of alkyl carbamates (subject to hydrolysis) is 1. The first kappa shape index (κ1) is 23.4. The van der Waals surface area contributed by atoms with Crippen LogP contribution in [0.1, 0.15) is 56.1 Å². The molecule has 7 heteroatoms. The van der Waals surface area contributed by atoms with Crippen molar-refractivity contribution in [3.63, 3.8) is 0 Å². The molecule has 0 spiro atoms. The summed E-state index contributed by atoms with van der Waals surface area (Å²) < 4.78 is 5.69. The molecule has 5 rings (SSSR count). The number of aliphatic carboxylic acids is 1. The van der Waals surface area contributed by atoms with E-state index >= 15 is 0 Å². The van der Waals surface area contributed by atoms with E-state index in [-0.39, 0.29) is 43.0 Å². The highest BCUT2D eigenvalue weighted by molar-refractivity contribution is 5.82. The number of nitrogens with zero attached hydrogens (tertiary/aromatic N) is 1. The van der Waals surface area contributed by atoms with E-state index in [1.807, 2.05) is 31.2 Å². The lowest BCUT2D eigenvalue weighted by atomic mass is 9.91. The number of amides is 2. The molecule has 2 fully saturated rings. The van der Waals surface area contributed by atoms with Crippen LogP contribution in [0.3, 0.4) is 0 Å². The number of fused-ring (bicyclic) bond motifs is 3. The average Bonchev–Trinajstić information content (AvgIpc) is 3.45. The second kappa shape index (κ2) is 9.72. The molecule has 2 unspecified atom stereocenters. The van der Waals surface area contributed by atoms with Gasteiger partial charge in [-0.25, -0.2) is 4.79 Å². The number of hydrogen-bond acceptors (Lipinski definition) is 4. The minimum atomic E-state index is -0.852. The quantitative estimate of drug-likeness (QED) is 0.667. The van der Waals surface area contributed by atoms with E-state index in [1.54, 1.807) is 4.90 Å². The lowest BCUT2D eigenvalue weighted by Crippen LogP contribution is -2.52. The predicted molar refractivity (Wildman–Crippen MR) is 131 cm³/mol. The molecule has 2 amide bonds. The number of nitrogens with one attached hydrogen (secondary N) is 1. The molecule has 1 saturated heterocycles. The number of likely N-dealkylation sites (tertiary alicyclic amines) is 1. The van der Waals surface area contributed by atoms with E-state index in [1.165, 1.54) is 11.1 Å². The lowest BCUT2D eigenvalue weighted by molar-refractivity contribution is -0.148. The number of carbonyl (C=O) groups excluding carboxylic acids is 2. The van der Waals surface area contributed by atoms with Crippen LogP contribution in [-0.2, 0) is 14.3 Å². The van der Waals surface area contributed by atoms with Crippen LogP contribution in [-0.4, -0.2) is 53.2 Å². The van der Waals surface area contributed by atoms with E-state index in [9.17, 15) is 19.5 Å². The number of rotatable bonds is 5. The van der Waals surface area contributed by atoms with Gasteiger partial charge in [-0.2, -0.15) is 0 Å². The van der Waals surface area contributed by atoms with E-state index in [4.69, 9.17) is 4.74 Å². The van der Waals surface area contributed by atoms with E-state index in [0.717, 1.165) is 17.5 Å². The van der Waals surface area contributed by atoms with Crippen molar-refractivity contribution in [2.45, 2.75) is 57.0 Å². The number of carbonyl (C=O) groups is 3. The standard InChI is InChI=1S/C28H32N2O5/c1-17-13-14-18(27(32)33)15-30(17)26(31)23-11-6-12-25(23)29-28(34)35-16-24-21-9-4-2-7-19(21)20-8-3-5-10-22(20)24/h2-5,7-10,17-18,23-25H,6,11-16H2,1H3,(H,29,34)(H,32,33)/t17?,18?,23-,25+/m0/s1. The van der Waals surface area contributed by atoms with Gasteiger partial charge in [-0.1, -0.05) is 55.0 Å². The highest BCUT2D eigenvalue weighted by Gasteiger charge is 2.41. The molecule has 1 aliphatic heterocycles. The van der Waals surface area contributed by atoms with Crippen molar-refractivity contribution in [3.8, 4) is 11.1 Å². The van der Waals surface area contributed by atoms with Crippen molar-refractivity contribution in [3.05, 3.63) is 59.7 Å².